The van der Waals surface area contributed by atoms with Gasteiger partial charge in [-0.2, -0.15) is 0 Å². The Bertz CT molecular complexity index is 630. The number of nitrogens with zero attached hydrogens (tertiary/aromatic N) is 2. The Morgan fingerprint density at radius 1 is 1.15 bits per heavy atom. The number of rotatable bonds is 4. The second-order valence-corrected chi connectivity index (χ2v) is 8.44. The van der Waals surface area contributed by atoms with Crippen LogP contribution in [0.5, 0.6) is 0 Å². The van der Waals surface area contributed by atoms with Crippen LogP contribution in [-0.2, 0) is 11.3 Å². The van der Waals surface area contributed by atoms with Gasteiger partial charge in [0.1, 0.15) is 5.82 Å². The highest BCUT2D eigenvalue weighted by atomic mass is 35.5. The third kappa shape index (κ3) is 4.05. The lowest BCUT2D eigenvalue weighted by molar-refractivity contribution is -0.134. The average Bonchev–Trinajstić information content (AvgIpc) is 2.97. The van der Waals surface area contributed by atoms with E-state index in [9.17, 15) is 9.18 Å². The maximum atomic E-state index is 14.0. The molecule has 26 heavy (non-hydrogen) atoms. The number of hydrogen-bond acceptors (Lipinski definition) is 3. The van der Waals surface area contributed by atoms with E-state index < -0.39 is 0 Å². The fourth-order valence-electron chi connectivity index (χ4n) is 4.78. The van der Waals surface area contributed by atoms with Gasteiger partial charge in [0.15, 0.2) is 0 Å². The zero-order chi connectivity index (χ0) is 18.1. The fraction of sp³-hybridized carbons (Fsp3) is 0.650. The highest BCUT2D eigenvalue weighted by molar-refractivity contribution is 6.31. The monoisotopic (exact) mass is 379 g/mol. The van der Waals surface area contributed by atoms with Gasteiger partial charge >= 0.3 is 0 Å². The van der Waals surface area contributed by atoms with Gasteiger partial charge < -0.3 is 10.2 Å². The second-order valence-electron chi connectivity index (χ2n) is 8.04. The van der Waals surface area contributed by atoms with Crippen LogP contribution >= 0.6 is 11.6 Å². The first kappa shape index (κ1) is 18.2. The Balaban J connectivity index is 1.26. The molecular formula is C20H27ClFN3O. The standard InChI is InChI=1S/C20H27ClFN3O/c21-18-2-1-3-19(22)17(18)13-24-6-8-25(9-7-24)20(26)12-14-10-15-4-5-16(11-14)23-15/h1-3,14-16,23H,4-13H2. The first-order valence-corrected chi connectivity index (χ1v) is 10.2. The minimum Gasteiger partial charge on any atom is -0.340 e. The number of carbonyl (C=O) groups excluding carboxylic acids is 1. The number of hydrogen-bond donors (Lipinski definition) is 1. The Hall–Kier alpha value is -1.17. The van der Waals surface area contributed by atoms with E-state index in [1.54, 1.807) is 12.1 Å². The zero-order valence-corrected chi connectivity index (χ0v) is 15.8. The molecule has 1 aromatic rings. The van der Waals surface area contributed by atoms with E-state index in [0.717, 1.165) is 39.0 Å². The van der Waals surface area contributed by atoms with E-state index in [4.69, 9.17) is 11.6 Å². The molecule has 3 aliphatic heterocycles. The summed E-state index contributed by atoms with van der Waals surface area (Å²) in [5.74, 6) is 0.577. The molecule has 0 aromatic heterocycles. The van der Waals surface area contributed by atoms with Crippen molar-refractivity contribution in [2.75, 3.05) is 26.2 Å². The Kier molecular flexibility index (Phi) is 5.48. The minimum absolute atomic E-state index is 0.253. The maximum Gasteiger partial charge on any atom is 0.222 e. The molecule has 4 nitrogen and oxygen atoms in total. The summed E-state index contributed by atoms with van der Waals surface area (Å²) >= 11 is 6.13. The van der Waals surface area contributed by atoms with Crippen molar-refractivity contribution in [1.82, 2.24) is 15.1 Å². The highest BCUT2D eigenvalue weighted by Crippen LogP contribution is 2.33. The number of benzene rings is 1. The molecule has 3 fully saturated rings. The molecule has 1 N–H and O–H groups in total. The number of piperidine rings is 1. The van der Waals surface area contributed by atoms with Gasteiger partial charge in [0, 0.05) is 61.8 Å². The molecule has 0 radical (unpaired) electrons. The van der Waals surface area contributed by atoms with E-state index in [2.05, 4.69) is 10.2 Å². The summed E-state index contributed by atoms with van der Waals surface area (Å²) in [6.45, 7) is 3.50. The van der Waals surface area contributed by atoms with Crippen molar-refractivity contribution in [2.45, 2.75) is 50.7 Å². The normalized spacial score (nSPS) is 29.2. The number of nitrogens with one attached hydrogen (secondary N) is 1. The first-order valence-electron chi connectivity index (χ1n) is 9.77. The van der Waals surface area contributed by atoms with Crippen LogP contribution < -0.4 is 5.32 Å². The maximum absolute atomic E-state index is 14.0. The highest BCUT2D eigenvalue weighted by Gasteiger charge is 2.35. The van der Waals surface area contributed by atoms with Crippen molar-refractivity contribution in [1.29, 1.82) is 0 Å². The third-order valence-corrected chi connectivity index (χ3v) is 6.56. The summed E-state index contributed by atoms with van der Waals surface area (Å²) in [4.78, 5) is 16.8. The molecule has 0 saturated carbocycles. The Morgan fingerprint density at radius 2 is 1.85 bits per heavy atom. The molecule has 2 atom stereocenters. The van der Waals surface area contributed by atoms with Crippen LogP contribution in [0.4, 0.5) is 4.39 Å². The largest absolute Gasteiger partial charge is 0.340 e. The quantitative estimate of drug-likeness (QED) is 0.873. The van der Waals surface area contributed by atoms with Gasteiger partial charge in [-0.15, -0.1) is 0 Å². The molecule has 1 aromatic carbocycles. The summed E-state index contributed by atoms with van der Waals surface area (Å²) in [6, 6.07) is 6.08. The number of amides is 1. The minimum atomic E-state index is -0.253. The molecule has 4 rings (SSSR count). The SMILES string of the molecule is O=C(CC1CC2CCC(C1)N2)N1CCN(Cc2c(F)cccc2Cl)CC1. The molecule has 142 valence electrons. The topological polar surface area (TPSA) is 35.6 Å². The smallest absolute Gasteiger partial charge is 0.222 e. The lowest BCUT2D eigenvalue weighted by Crippen LogP contribution is -2.49. The molecule has 6 heteroatoms. The molecular weight excluding hydrogens is 353 g/mol. The lowest BCUT2D eigenvalue weighted by atomic mass is 9.89. The zero-order valence-electron chi connectivity index (χ0n) is 15.1. The van der Waals surface area contributed by atoms with Crippen molar-refractivity contribution in [3.05, 3.63) is 34.6 Å². The summed E-state index contributed by atoms with van der Waals surface area (Å²) in [7, 11) is 0. The Labute approximate surface area is 159 Å². The van der Waals surface area contributed by atoms with Crippen molar-refractivity contribution >= 4 is 17.5 Å². The van der Waals surface area contributed by atoms with Gasteiger partial charge in [0.25, 0.3) is 0 Å². The third-order valence-electron chi connectivity index (χ3n) is 6.20. The molecule has 3 saturated heterocycles. The molecule has 0 aliphatic carbocycles. The molecule has 2 bridgehead atoms. The van der Waals surface area contributed by atoms with Crippen LogP contribution in [0.25, 0.3) is 0 Å². The van der Waals surface area contributed by atoms with Gasteiger partial charge in [-0.3, -0.25) is 9.69 Å². The second kappa shape index (κ2) is 7.83. The summed E-state index contributed by atoms with van der Waals surface area (Å²) < 4.78 is 14.0. The van der Waals surface area contributed by atoms with Crippen LogP contribution in [0.15, 0.2) is 18.2 Å². The van der Waals surface area contributed by atoms with E-state index in [1.807, 2.05) is 4.90 Å². The number of halogens is 2. The van der Waals surface area contributed by atoms with E-state index in [-0.39, 0.29) is 5.82 Å². The van der Waals surface area contributed by atoms with Crippen LogP contribution in [0.3, 0.4) is 0 Å². The molecule has 2 unspecified atom stereocenters. The summed E-state index contributed by atoms with van der Waals surface area (Å²) in [5.41, 5.74) is 0.555. The van der Waals surface area contributed by atoms with Gasteiger partial charge in [-0.25, -0.2) is 4.39 Å². The van der Waals surface area contributed by atoms with Gasteiger partial charge in [0.05, 0.1) is 0 Å². The number of fused-ring (bicyclic) bond motifs is 2. The number of piperazine rings is 1. The van der Waals surface area contributed by atoms with Crippen LogP contribution in [-0.4, -0.2) is 54.0 Å². The van der Waals surface area contributed by atoms with E-state index in [1.165, 1.54) is 18.9 Å². The molecule has 3 aliphatic rings. The predicted octanol–water partition coefficient (Wildman–Crippen LogP) is 3.04. The molecule has 0 spiro atoms. The van der Waals surface area contributed by atoms with E-state index >= 15 is 0 Å². The summed E-state index contributed by atoms with van der Waals surface area (Å²) in [6.07, 6.45) is 5.52. The van der Waals surface area contributed by atoms with Gasteiger partial charge in [-0.05, 0) is 43.7 Å². The van der Waals surface area contributed by atoms with Crippen molar-refractivity contribution < 1.29 is 9.18 Å². The molecule has 3 heterocycles. The average molecular weight is 380 g/mol. The fourth-order valence-corrected chi connectivity index (χ4v) is 5.00. The Morgan fingerprint density at radius 3 is 2.50 bits per heavy atom. The molecule has 1 amide bonds. The number of carbonyl (C=O) groups is 1. The van der Waals surface area contributed by atoms with Gasteiger partial charge in [-0.1, -0.05) is 17.7 Å². The van der Waals surface area contributed by atoms with Crippen molar-refractivity contribution in [2.24, 2.45) is 5.92 Å². The van der Waals surface area contributed by atoms with Crippen molar-refractivity contribution in [3.63, 3.8) is 0 Å². The first-order chi connectivity index (χ1) is 12.6. The van der Waals surface area contributed by atoms with Crippen LogP contribution in [0.1, 0.15) is 37.7 Å². The predicted molar refractivity (Wildman–Crippen MR) is 101 cm³/mol. The van der Waals surface area contributed by atoms with Crippen LogP contribution in [0.2, 0.25) is 5.02 Å². The van der Waals surface area contributed by atoms with E-state index in [0.29, 0.717) is 47.5 Å². The van der Waals surface area contributed by atoms with Gasteiger partial charge in [0.2, 0.25) is 5.91 Å². The lowest BCUT2D eigenvalue weighted by Gasteiger charge is -2.36. The van der Waals surface area contributed by atoms with Crippen LogP contribution in [0, 0.1) is 11.7 Å². The summed E-state index contributed by atoms with van der Waals surface area (Å²) in [5, 5.41) is 4.11. The van der Waals surface area contributed by atoms with Crippen molar-refractivity contribution in [3.8, 4) is 0 Å².